The van der Waals surface area contributed by atoms with E-state index in [1.165, 1.54) is 75.8 Å². The fraction of sp³-hybridized carbons (Fsp3) is 0.611. The maximum absolute atomic E-state index is 12.3. The number of quaternary nitrogens is 2. The average Bonchev–Trinajstić information content (AvgIpc) is 3.60. The van der Waals surface area contributed by atoms with Crippen molar-refractivity contribution >= 4 is 11.6 Å². The zero-order chi connectivity index (χ0) is 29.0. The van der Waals surface area contributed by atoms with E-state index < -0.39 is 0 Å². The third kappa shape index (κ3) is 20.3. The van der Waals surface area contributed by atoms with Gasteiger partial charge in [-0.3, -0.25) is 9.59 Å². The van der Waals surface area contributed by atoms with E-state index in [0.29, 0.717) is 19.0 Å². The van der Waals surface area contributed by atoms with Crippen LogP contribution in [0.15, 0.2) is 48.5 Å². The summed E-state index contributed by atoms with van der Waals surface area (Å²) in [6.07, 6.45) is 8.95. The van der Waals surface area contributed by atoms with Crippen LogP contribution in [0.25, 0.3) is 0 Å². The molecule has 256 valence electrons. The second kappa shape index (κ2) is 28.7. The number of nitrogens with two attached hydrogens (primary N) is 1. The fourth-order valence-electron chi connectivity index (χ4n) is 4.92. The van der Waals surface area contributed by atoms with Crippen molar-refractivity contribution < 1.29 is 55.5 Å². The number of ether oxygens (including phenoxy) is 2. The molecule has 3 aliphatic heterocycles. The number of aryl methyl sites for hydroxylation is 2. The molecule has 0 saturated carbocycles. The summed E-state index contributed by atoms with van der Waals surface area (Å²) < 4.78 is 9.44. The maximum atomic E-state index is 12.3. The molecule has 3 heterocycles. The van der Waals surface area contributed by atoms with E-state index >= 15 is 0 Å². The molecule has 2 aromatic rings. The first kappa shape index (κ1) is 46.6. The number of Topliss-reactive ketones (excluding diaryl/α,β-unsaturated/α-hetero) is 2. The minimum absolute atomic E-state index is 0. The molecule has 5 rings (SSSR count). The van der Waals surface area contributed by atoms with Gasteiger partial charge < -0.3 is 44.5 Å². The zero-order valence-electron chi connectivity index (χ0n) is 26.3. The van der Waals surface area contributed by atoms with E-state index in [1.807, 2.05) is 62.4 Å². The second-order valence-corrected chi connectivity index (χ2v) is 11.1. The molecule has 3 aliphatic rings. The molecule has 1 atom stereocenters. The van der Waals surface area contributed by atoms with Crippen molar-refractivity contribution in [1.82, 2.24) is 0 Å². The summed E-state index contributed by atoms with van der Waals surface area (Å²) in [4.78, 5) is 25.0. The van der Waals surface area contributed by atoms with Crippen LogP contribution in [0.2, 0.25) is 0 Å². The molecule has 0 radical (unpaired) electrons. The van der Waals surface area contributed by atoms with Gasteiger partial charge in [0.05, 0.1) is 51.9 Å². The quantitative estimate of drug-likeness (QED) is 0.419. The van der Waals surface area contributed by atoms with E-state index in [4.69, 9.17) is 9.47 Å². The average molecular weight is 660 g/mol. The van der Waals surface area contributed by atoms with Crippen LogP contribution in [0.3, 0.4) is 0 Å². The van der Waals surface area contributed by atoms with Crippen molar-refractivity contribution in [2.45, 2.75) is 87.5 Å². The molecular weight excluding hydrogens is 595 g/mol. The molecular formula is C36H64Cl2N2O4. The van der Waals surface area contributed by atoms with Crippen LogP contribution < -0.4 is 35.0 Å². The number of halogens is 2. The third-order valence-electron chi connectivity index (χ3n) is 7.49. The molecule has 0 aromatic heterocycles. The van der Waals surface area contributed by atoms with Crippen LogP contribution in [0, 0.1) is 19.8 Å². The second-order valence-electron chi connectivity index (χ2n) is 11.1. The lowest BCUT2D eigenvalue weighted by atomic mass is 9.97. The summed E-state index contributed by atoms with van der Waals surface area (Å²) in [6, 6.07) is 15.6. The van der Waals surface area contributed by atoms with Crippen molar-refractivity contribution in [3.8, 4) is 0 Å². The molecule has 2 aromatic carbocycles. The smallest absolute Gasteiger partial charge is 0.171 e. The first-order chi connectivity index (χ1) is 19.4. The van der Waals surface area contributed by atoms with Gasteiger partial charge in [0, 0.05) is 19.0 Å². The van der Waals surface area contributed by atoms with Crippen LogP contribution in [0.1, 0.15) is 107 Å². The third-order valence-corrected chi connectivity index (χ3v) is 7.49. The number of ketones is 2. The summed E-state index contributed by atoms with van der Waals surface area (Å²) >= 11 is 0. The van der Waals surface area contributed by atoms with Crippen molar-refractivity contribution in [1.29, 1.82) is 0 Å². The number of hydrogen-bond acceptors (Lipinski definition) is 4. The molecule has 0 aliphatic carbocycles. The molecule has 0 unspecified atom stereocenters. The fourth-order valence-corrected chi connectivity index (χ4v) is 4.92. The standard InChI is InChI=1S/C16H23NO.C10H12O.C5H11N.C3H6O2.2CH4.2ClH.H2/c1-13-6-8-15(9-7-13)16(18)14(2)12-17-10-4-3-5-11-17;1-3-10(11)9-6-4-8(2)5-7-9;1-2-4-6-5-3-1;1-2-5-3-4-1;;;;;/h6-9,14H,3-5,10-12H2,1-2H3;4-7H,3H2,1-2H3;6H,1-5H2;1-3H2;2*1H4;3*1H/t14-;;;;;;;;/m0......../s1. The molecule has 6 nitrogen and oxygen atoms in total. The molecule has 0 spiro atoms. The van der Waals surface area contributed by atoms with Gasteiger partial charge >= 0.3 is 0 Å². The van der Waals surface area contributed by atoms with Crippen molar-refractivity contribution in [2.24, 2.45) is 5.92 Å². The normalized spacial score (nSPS) is 16.0. The van der Waals surface area contributed by atoms with E-state index in [-0.39, 0.29) is 52.8 Å². The number of carbonyl (C=O) groups excluding carboxylic acids is 2. The van der Waals surface area contributed by atoms with E-state index in [9.17, 15) is 9.59 Å². The molecule has 3 fully saturated rings. The summed E-state index contributed by atoms with van der Waals surface area (Å²) in [5, 5.41) is 2.39. The lowest BCUT2D eigenvalue weighted by Gasteiger charge is -2.25. The van der Waals surface area contributed by atoms with Gasteiger partial charge in [0.1, 0.15) is 6.79 Å². The van der Waals surface area contributed by atoms with E-state index in [0.717, 1.165) is 30.9 Å². The monoisotopic (exact) mass is 658 g/mol. The van der Waals surface area contributed by atoms with Crippen molar-refractivity contribution in [2.75, 3.05) is 52.7 Å². The van der Waals surface area contributed by atoms with Crippen LogP contribution in [-0.2, 0) is 9.47 Å². The molecule has 0 bridgehead atoms. The van der Waals surface area contributed by atoms with Crippen LogP contribution in [0.5, 0.6) is 0 Å². The Morgan fingerprint density at radius 1 is 0.773 bits per heavy atom. The molecule has 0 amide bonds. The Labute approximate surface area is 283 Å². The van der Waals surface area contributed by atoms with E-state index in [2.05, 4.69) is 19.2 Å². The van der Waals surface area contributed by atoms with Crippen molar-refractivity contribution in [3.63, 3.8) is 0 Å². The zero-order valence-corrected chi connectivity index (χ0v) is 27.8. The lowest BCUT2D eigenvalue weighted by molar-refractivity contribution is -0.906. The highest BCUT2D eigenvalue weighted by atomic mass is 35.5. The molecule has 8 heteroatoms. The van der Waals surface area contributed by atoms with Crippen LogP contribution in [0.4, 0.5) is 0 Å². The highest BCUT2D eigenvalue weighted by molar-refractivity contribution is 5.97. The summed E-state index contributed by atoms with van der Waals surface area (Å²) in [5.74, 6) is 0.652. The number of piperidine rings is 2. The predicted octanol–water partition coefficient (Wildman–Crippen LogP) is -0.279. The summed E-state index contributed by atoms with van der Waals surface area (Å²) in [5.41, 5.74) is 4.08. The number of likely N-dealkylation sites (tertiary alicyclic amines) is 1. The molecule has 3 saturated heterocycles. The molecule has 3 N–H and O–H groups in total. The number of nitrogens with one attached hydrogen (secondary N) is 1. The largest absolute Gasteiger partial charge is 1.00 e. The van der Waals surface area contributed by atoms with Gasteiger partial charge in [0.2, 0.25) is 0 Å². The van der Waals surface area contributed by atoms with Gasteiger partial charge in [-0.2, -0.15) is 0 Å². The van der Waals surface area contributed by atoms with Gasteiger partial charge in [0.25, 0.3) is 0 Å². The number of benzene rings is 2. The number of rotatable bonds is 6. The van der Waals surface area contributed by atoms with Gasteiger partial charge in [-0.1, -0.05) is 81.4 Å². The minimum Gasteiger partial charge on any atom is -1.00 e. The van der Waals surface area contributed by atoms with E-state index in [1.54, 1.807) is 4.90 Å². The van der Waals surface area contributed by atoms with Crippen molar-refractivity contribution in [3.05, 3.63) is 70.8 Å². The summed E-state index contributed by atoms with van der Waals surface area (Å²) in [6.45, 7) is 16.3. The SMILES string of the molecule is C.C.C1CC[NH2+]CC1.C1COCO1.CCC(=O)c1ccc(C)cc1.Cc1ccc(C(=O)[C@@H](C)C[NH+]2CCCCC2)cc1.[Cl-].[Cl-].[HH]. The highest BCUT2D eigenvalue weighted by Gasteiger charge is 2.22. The van der Waals surface area contributed by atoms with Gasteiger partial charge in [-0.15, -0.1) is 0 Å². The lowest BCUT2D eigenvalue weighted by Crippen LogP contribution is -3.13. The Bertz CT molecular complexity index is 945. The Morgan fingerprint density at radius 2 is 1.23 bits per heavy atom. The number of hydrogen-bond donors (Lipinski definition) is 2. The maximum Gasteiger partial charge on any atom is 0.171 e. The minimum atomic E-state index is 0. The first-order valence-corrected chi connectivity index (χ1v) is 15.4. The van der Waals surface area contributed by atoms with Gasteiger partial charge in [0.15, 0.2) is 11.6 Å². The topological polar surface area (TPSA) is 73.7 Å². The number of carbonyl (C=O) groups is 2. The van der Waals surface area contributed by atoms with Crippen LogP contribution >= 0.6 is 0 Å². The Kier molecular flexibility index (Phi) is 30.4. The Balaban J connectivity index is -0.000000268. The molecule has 44 heavy (non-hydrogen) atoms. The first-order valence-electron chi connectivity index (χ1n) is 15.4. The predicted molar refractivity (Wildman–Crippen MR) is 178 cm³/mol. The Morgan fingerprint density at radius 3 is 1.59 bits per heavy atom. The van der Waals surface area contributed by atoms with Crippen LogP contribution in [-0.4, -0.2) is 64.3 Å². The summed E-state index contributed by atoms with van der Waals surface area (Å²) in [7, 11) is 0. The highest BCUT2D eigenvalue weighted by Crippen LogP contribution is 2.10. The van der Waals surface area contributed by atoms with Gasteiger partial charge in [-0.25, -0.2) is 0 Å². The van der Waals surface area contributed by atoms with Gasteiger partial charge in [-0.05, 0) is 59.3 Å². The Hall–Kier alpha value is -1.80.